The van der Waals surface area contributed by atoms with Gasteiger partial charge in [0.15, 0.2) is 0 Å². The Labute approximate surface area is 130 Å². The first-order chi connectivity index (χ1) is 10.2. The highest BCUT2D eigenvalue weighted by Gasteiger charge is 2.47. The van der Waals surface area contributed by atoms with Crippen LogP contribution in [0.5, 0.6) is 0 Å². The molecule has 0 spiro atoms. The van der Waals surface area contributed by atoms with E-state index in [4.69, 9.17) is 0 Å². The molecule has 21 heavy (non-hydrogen) atoms. The Morgan fingerprint density at radius 1 is 1.05 bits per heavy atom. The SMILES string of the molecule is CCC1CC=CC(C2=CC=CCC=CC2C)C(C)C2CC12. The van der Waals surface area contributed by atoms with Crippen LogP contribution in [0.2, 0.25) is 0 Å². The maximum atomic E-state index is 2.54. The standard InChI is InChI=1S/C21H30/c1-4-17-11-9-13-19(16(3)20-14-21(17)20)18-12-8-6-5-7-10-15(18)2/h6-10,12-13,15-17,19-21H,4-5,11,14H2,1-3H3. The normalized spacial score (nSPS) is 42.3. The zero-order valence-corrected chi connectivity index (χ0v) is 13.8. The number of rotatable bonds is 2. The van der Waals surface area contributed by atoms with Crippen molar-refractivity contribution in [3.8, 4) is 0 Å². The molecular weight excluding hydrogens is 252 g/mol. The molecule has 0 aromatic carbocycles. The van der Waals surface area contributed by atoms with E-state index in [1.807, 2.05) is 0 Å². The van der Waals surface area contributed by atoms with Gasteiger partial charge in [0.2, 0.25) is 0 Å². The number of allylic oxidation sites excluding steroid dienone is 8. The van der Waals surface area contributed by atoms with Crippen molar-refractivity contribution in [2.45, 2.75) is 46.5 Å². The van der Waals surface area contributed by atoms with E-state index in [9.17, 15) is 0 Å². The van der Waals surface area contributed by atoms with E-state index < -0.39 is 0 Å². The summed E-state index contributed by atoms with van der Waals surface area (Å²) in [7, 11) is 0. The zero-order valence-electron chi connectivity index (χ0n) is 13.8. The highest BCUT2D eigenvalue weighted by Crippen LogP contribution is 2.55. The lowest BCUT2D eigenvalue weighted by molar-refractivity contribution is 0.328. The molecule has 0 amide bonds. The summed E-state index contributed by atoms with van der Waals surface area (Å²) >= 11 is 0. The van der Waals surface area contributed by atoms with Crippen molar-refractivity contribution in [1.29, 1.82) is 0 Å². The molecule has 6 unspecified atom stereocenters. The molecule has 1 fully saturated rings. The third-order valence-corrected chi connectivity index (χ3v) is 6.08. The third kappa shape index (κ3) is 3.10. The summed E-state index contributed by atoms with van der Waals surface area (Å²) in [4.78, 5) is 0. The van der Waals surface area contributed by atoms with Crippen LogP contribution in [0.15, 0.2) is 48.1 Å². The van der Waals surface area contributed by atoms with Gasteiger partial charge < -0.3 is 0 Å². The van der Waals surface area contributed by atoms with Crippen molar-refractivity contribution in [3.05, 3.63) is 48.1 Å². The molecule has 3 aliphatic carbocycles. The van der Waals surface area contributed by atoms with Gasteiger partial charge in [-0.05, 0) is 48.9 Å². The van der Waals surface area contributed by atoms with Crippen LogP contribution in [0.4, 0.5) is 0 Å². The summed E-state index contributed by atoms with van der Waals surface area (Å²) in [6, 6.07) is 0. The maximum Gasteiger partial charge on any atom is 0.00140 e. The van der Waals surface area contributed by atoms with Crippen molar-refractivity contribution in [3.63, 3.8) is 0 Å². The Hall–Kier alpha value is -1.04. The van der Waals surface area contributed by atoms with E-state index in [-0.39, 0.29) is 0 Å². The van der Waals surface area contributed by atoms with Crippen LogP contribution >= 0.6 is 0 Å². The van der Waals surface area contributed by atoms with Gasteiger partial charge in [-0.25, -0.2) is 0 Å². The number of hydrogen-bond donors (Lipinski definition) is 0. The van der Waals surface area contributed by atoms with Gasteiger partial charge in [0.1, 0.15) is 0 Å². The molecule has 0 saturated heterocycles. The quantitative estimate of drug-likeness (QED) is 0.550. The van der Waals surface area contributed by atoms with E-state index in [2.05, 4.69) is 63.3 Å². The smallest absolute Gasteiger partial charge is 0.00140 e. The highest BCUT2D eigenvalue weighted by molar-refractivity contribution is 5.28. The van der Waals surface area contributed by atoms with Crippen molar-refractivity contribution >= 4 is 0 Å². The molecule has 3 aliphatic rings. The summed E-state index contributed by atoms with van der Waals surface area (Å²) in [5.41, 5.74) is 1.62. The molecule has 0 bridgehead atoms. The first-order valence-electron chi connectivity index (χ1n) is 8.92. The van der Waals surface area contributed by atoms with Crippen LogP contribution in [0, 0.1) is 35.5 Å². The van der Waals surface area contributed by atoms with Gasteiger partial charge in [-0.15, -0.1) is 0 Å². The molecule has 0 aliphatic heterocycles. The molecule has 114 valence electrons. The number of hydrogen-bond acceptors (Lipinski definition) is 0. The van der Waals surface area contributed by atoms with E-state index in [1.165, 1.54) is 19.3 Å². The third-order valence-electron chi connectivity index (χ3n) is 6.08. The molecule has 0 heteroatoms. The minimum absolute atomic E-state index is 0.575. The van der Waals surface area contributed by atoms with Gasteiger partial charge >= 0.3 is 0 Å². The Morgan fingerprint density at radius 3 is 2.71 bits per heavy atom. The van der Waals surface area contributed by atoms with E-state index in [0.29, 0.717) is 11.8 Å². The second-order valence-electron chi connectivity index (χ2n) is 7.33. The molecule has 3 rings (SSSR count). The topological polar surface area (TPSA) is 0 Å². The zero-order chi connectivity index (χ0) is 14.8. The second kappa shape index (κ2) is 6.38. The van der Waals surface area contributed by atoms with Gasteiger partial charge in [-0.3, -0.25) is 0 Å². The predicted octanol–water partition coefficient (Wildman–Crippen LogP) is 5.94. The van der Waals surface area contributed by atoms with Crippen LogP contribution in [-0.4, -0.2) is 0 Å². The van der Waals surface area contributed by atoms with Gasteiger partial charge in [-0.2, -0.15) is 0 Å². The average molecular weight is 282 g/mol. The summed E-state index contributed by atoms with van der Waals surface area (Å²) in [5, 5.41) is 0. The second-order valence-corrected chi connectivity index (χ2v) is 7.33. The fraction of sp³-hybridized carbons (Fsp3) is 0.619. The molecule has 6 atom stereocenters. The van der Waals surface area contributed by atoms with Crippen molar-refractivity contribution in [1.82, 2.24) is 0 Å². The van der Waals surface area contributed by atoms with Crippen LogP contribution < -0.4 is 0 Å². The van der Waals surface area contributed by atoms with Crippen LogP contribution in [0.25, 0.3) is 0 Å². The molecule has 0 aromatic rings. The summed E-state index contributed by atoms with van der Waals surface area (Å²) < 4.78 is 0. The maximum absolute atomic E-state index is 2.54. The Bertz CT molecular complexity index is 476. The van der Waals surface area contributed by atoms with E-state index >= 15 is 0 Å². The Balaban J connectivity index is 1.86. The van der Waals surface area contributed by atoms with E-state index in [0.717, 1.165) is 30.1 Å². The van der Waals surface area contributed by atoms with Crippen molar-refractivity contribution in [2.24, 2.45) is 35.5 Å². The summed E-state index contributed by atoms with van der Waals surface area (Å²) in [5.74, 6) is 4.93. The average Bonchev–Trinajstić information content (AvgIpc) is 3.23. The Kier molecular flexibility index (Phi) is 4.52. The summed E-state index contributed by atoms with van der Waals surface area (Å²) in [6.45, 7) is 7.23. The fourth-order valence-corrected chi connectivity index (χ4v) is 4.58. The minimum atomic E-state index is 0.575. The van der Waals surface area contributed by atoms with Gasteiger partial charge in [0.25, 0.3) is 0 Å². The molecule has 1 saturated carbocycles. The Morgan fingerprint density at radius 2 is 1.90 bits per heavy atom. The molecule has 0 nitrogen and oxygen atoms in total. The van der Waals surface area contributed by atoms with E-state index in [1.54, 1.807) is 5.57 Å². The van der Waals surface area contributed by atoms with Crippen LogP contribution in [0.3, 0.4) is 0 Å². The molecular formula is C21H30. The minimum Gasteiger partial charge on any atom is -0.0876 e. The first kappa shape index (κ1) is 14.9. The largest absolute Gasteiger partial charge is 0.0876 e. The van der Waals surface area contributed by atoms with Gasteiger partial charge in [0, 0.05) is 5.92 Å². The molecule has 0 aromatic heterocycles. The van der Waals surface area contributed by atoms with Crippen LogP contribution in [-0.2, 0) is 0 Å². The highest BCUT2D eigenvalue weighted by atomic mass is 14.5. The van der Waals surface area contributed by atoms with Crippen molar-refractivity contribution in [2.75, 3.05) is 0 Å². The lowest BCUT2D eigenvalue weighted by Gasteiger charge is -2.30. The van der Waals surface area contributed by atoms with Crippen molar-refractivity contribution < 1.29 is 0 Å². The molecule has 0 heterocycles. The fourth-order valence-electron chi connectivity index (χ4n) is 4.58. The lowest BCUT2D eigenvalue weighted by Crippen LogP contribution is -2.21. The first-order valence-corrected chi connectivity index (χ1v) is 8.92. The number of fused-ring (bicyclic) bond motifs is 1. The monoisotopic (exact) mass is 282 g/mol. The predicted molar refractivity (Wildman–Crippen MR) is 91.9 cm³/mol. The van der Waals surface area contributed by atoms with Gasteiger partial charge in [0.05, 0.1) is 0 Å². The molecule has 0 N–H and O–H groups in total. The summed E-state index contributed by atoms with van der Waals surface area (Å²) in [6.07, 6.45) is 21.9. The lowest BCUT2D eigenvalue weighted by atomic mass is 9.75. The van der Waals surface area contributed by atoms with Gasteiger partial charge in [-0.1, -0.05) is 75.3 Å². The van der Waals surface area contributed by atoms with Crippen LogP contribution in [0.1, 0.15) is 46.5 Å². The molecule has 0 radical (unpaired) electrons.